The minimum absolute atomic E-state index is 0.131. The summed E-state index contributed by atoms with van der Waals surface area (Å²) in [5, 5.41) is 18.0. The van der Waals surface area contributed by atoms with E-state index in [2.05, 4.69) is 45.0 Å². The van der Waals surface area contributed by atoms with E-state index in [1.54, 1.807) is 6.07 Å². The number of benzene rings is 4. The first-order chi connectivity index (χ1) is 17.9. The average molecular weight is 494 g/mol. The van der Waals surface area contributed by atoms with Gasteiger partial charge in [0.25, 0.3) is 0 Å². The number of nitrogens with one attached hydrogen (secondary N) is 1. The van der Waals surface area contributed by atoms with Crippen LogP contribution in [-0.4, -0.2) is 24.5 Å². The molecular formula is C33H35NO3. The van der Waals surface area contributed by atoms with Gasteiger partial charge in [-0.2, -0.15) is 0 Å². The fraction of sp³-hybridized carbons (Fsp3) is 0.242. The quantitative estimate of drug-likeness (QED) is 0.166. The first kappa shape index (κ1) is 26.0. The van der Waals surface area contributed by atoms with Gasteiger partial charge in [-0.15, -0.1) is 0 Å². The van der Waals surface area contributed by atoms with Crippen molar-refractivity contribution >= 4 is 6.21 Å². The Labute approximate surface area is 220 Å². The molecule has 0 atom stereocenters. The number of aryl methyl sites for hydroxylation is 1. The van der Waals surface area contributed by atoms with Gasteiger partial charge >= 0.3 is 0 Å². The fourth-order valence-corrected chi connectivity index (χ4v) is 4.49. The van der Waals surface area contributed by atoms with Crippen molar-refractivity contribution in [1.29, 1.82) is 5.41 Å². The topological polar surface area (TPSA) is 62.5 Å². The summed E-state index contributed by atoms with van der Waals surface area (Å²) in [5.41, 5.74) is 6.28. The molecule has 4 aromatic rings. The van der Waals surface area contributed by atoms with Gasteiger partial charge in [0.2, 0.25) is 0 Å². The van der Waals surface area contributed by atoms with Crippen LogP contribution in [0.25, 0.3) is 11.1 Å². The molecule has 4 heteroatoms. The van der Waals surface area contributed by atoms with Gasteiger partial charge in [-0.3, -0.25) is 0 Å². The van der Waals surface area contributed by atoms with Gasteiger partial charge in [0.1, 0.15) is 19.0 Å². The van der Waals surface area contributed by atoms with Gasteiger partial charge in [-0.25, -0.2) is 0 Å². The van der Waals surface area contributed by atoms with E-state index in [-0.39, 0.29) is 11.2 Å². The highest BCUT2D eigenvalue weighted by molar-refractivity contribution is 5.78. The highest BCUT2D eigenvalue weighted by Crippen LogP contribution is 2.36. The predicted molar refractivity (Wildman–Crippen MR) is 151 cm³/mol. The molecule has 0 aliphatic rings. The van der Waals surface area contributed by atoms with Gasteiger partial charge in [0, 0.05) is 11.6 Å². The minimum Gasteiger partial charge on any atom is -0.504 e. The Morgan fingerprint density at radius 1 is 0.757 bits per heavy atom. The Balaban J connectivity index is 1.38. The molecule has 0 unspecified atom stereocenters. The Hall–Kier alpha value is -4.05. The SMILES string of the molecule is CCCc1cc(-c2ccc(C=N)cc2)ccc1OCCOc1ccc(C(C)(C)c2ccccc2)cc1O. The summed E-state index contributed by atoms with van der Waals surface area (Å²) in [6.45, 7) is 7.16. The van der Waals surface area contributed by atoms with Crippen LogP contribution >= 0.6 is 0 Å². The zero-order valence-corrected chi connectivity index (χ0v) is 21.8. The fourth-order valence-electron chi connectivity index (χ4n) is 4.49. The molecule has 0 saturated carbocycles. The normalized spacial score (nSPS) is 11.2. The summed E-state index contributed by atoms with van der Waals surface area (Å²) in [5.74, 6) is 1.44. The highest BCUT2D eigenvalue weighted by atomic mass is 16.5. The van der Waals surface area contributed by atoms with E-state index in [0.29, 0.717) is 19.0 Å². The lowest BCUT2D eigenvalue weighted by molar-refractivity contribution is 0.211. The second-order valence-corrected chi connectivity index (χ2v) is 9.71. The molecule has 0 bridgehead atoms. The lowest BCUT2D eigenvalue weighted by Gasteiger charge is -2.26. The number of ether oxygens (including phenoxy) is 2. The van der Waals surface area contributed by atoms with Gasteiger partial charge in [-0.05, 0) is 64.1 Å². The molecule has 0 heterocycles. The first-order valence-corrected chi connectivity index (χ1v) is 12.8. The molecule has 0 aliphatic heterocycles. The van der Waals surface area contributed by atoms with Crippen LogP contribution in [0.3, 0.4) is 0 Å². The molecule has 0 fully saturated rings. The van der Waals surface area contributed by atoms with Crippen molar-refractivity contribution in [3.05, 3.63) is 113 Å². The van der Waals surface area contributed by atoms with Crippen LogP contribution in [0.2, 0.25) is 0 Å². The average Bonchev–Trinajstić information content (AvgIpc) is 2.93. The molecule has 37 heavy (non-hydrogen) atoms. The zero-order chi connectivity index (χ0) is 26.3. The summed E-state index contributed by atoms with van der Waals surface area (Å²) in [7, 11) is 0. The summed E-state index contributed by atoms with van der Waals surface area (Å²) in [4.78, 5) is 0. The molecule has 2 N–H and O–H groups in total. The van der Waals surface area contributed by atoms with Crippen LogP contribution in [0.15, 0.2) is 91.0 Å². The number of hydrogen-bond acceptors (Lipinski definition) is 4. The Bertz CT molecular complexity index is 1330. The highest BCUT2D eigenvalue weighted by Gasteiger charge is 2.24. The monoisotopic (exact) mass is 493 g/mol. The minimum atomic E-state index is -0.232. The van der Waals surface area contributed by atoms with E-state index in [4.69, 9.17) is 14.9 Å². The third-order valence-electron chi connectivity index (χ3n) is 6.77. The smallest absolute Gasteiger partial charge is 0.161 e. The number of rotatable bonds is 11. The lowest BCUT2D eigenvalue weighted by atomic mass is 9.78. The standard InChI is InChI=1S/C33H35NO3/c1-4-8-27-21-26(25-13-11-24(23-34)12-14-25)15-17-31(27)36-19-20-37-32-18-16-29(22-30(32)35)33(2,3)28-9-6-5-7-10-28/h5-7,9-18,21-23,34-35H,4,8,19-20H2,1-3H3. The van der Waals surface area contributed by atoms with Crippen molar-refractivity contribution in [2.24, 2.45) is 0 Å². The van der Waals surface area contributed by atoms with Crippen LogP contribution in [0.5, 0.6) is 17.2 Å². The van der Waals surface area contributed by atoms with Crippen molar-refractivity contribution in [3.8, 4) is 28.4 Å². The number of aromatic hydroxyl groups is 1. The van der Waals surface area contributed by atoms with Crippen LogP contribution in [0.1, 0.15) is 49.4 Å². The molecule has 4 rings (SSSR count). The predicted octanol–water partition coefficient (Wildman–Crippen LogP) is 7.79. The maximum Gasteiger partial charge on any atom is 0.161 e. The molecule has 0 amide bonds. The maximum absolute atomic E-state index is 10.6. The van der Waals surface area contributed by atoms with E-state index in [0.717, 1.165) is 46.4 Å². The third kappa shape index (κ3) is 6.21. The number of hydrogen-bond donors (Lipinski definition) is 2. The van der Waals surface area contributed by atoms with Crippen molar-refractivity contribution < 1.29 is 14.6 Å². The van der Waals surface area contributed by atoms with E-state index in [1.165, 1.54) is 11.8 Å². The van der Waals surface area contributed by atoms with E-state index < -0.39 is 0 Å². The molecule has 0 aromatic heterocycles. The molecule has 0 aliphatic carbocycles. The molecule has 0 saturated heterocycles. The maximum atomic E-state index is 10.6. The molecule has 4 aromatic carbocycles. The second-order valence-electron chi connectivity index (χ2n) is 9.71. The summed E-state index contributed by atoms with van der Waals surface area (Å²) in [6, 6.07) is 30.1. The molecule has 0 radical (unpaired) electrons. The summed E-state index contributed by atoms with van der Waals surface area (Å²) in [6.07, 6.45) is 3.29. The zero-order valence-electron chi connectivity index (χ0n) is 21.8. The summed E-state index contributed by atoms with van der Waals surface area (Å²) < 4.78 is 11.9. The Morgan fingerprint density at radius 2 is 1.41 bits per heavy atom. The van der Waals surface area contributed by atoms with Gasteiger partial charge in [0.05, 0.1) is 0 Å². The van der Waals surface area contributed by atoms with Crippen LogP contribution < -0.4 is 9.47 Å². The molecular weight excluding hydrogens is 458 g/mol. The molecule has 190 valence electrons. The van der Waals surface area contributed by atoms with Crippen LogP contribution in [0.4, 0.5) is 0 Å². The van der Waals surface area contributed by atoms with Crippen molar-refractivity contribution in [2.75, 3.05) is 13.2 Å². The summed E-state index contributed by atoms with van der Waals surface area (Å²) >= 11 is 0. The van der Waals surface area contributed by atoms with Gasteiger partial charge in [-0.1, -0.05) is 93.9 Å². The van der Waals surface area contributed by atoms with Crippen molar-refractivity contribution in [3.63, 3.8) is 0 Å². The van der Waals surface area contributed by atoms with Crippen LogP contribution in [0, 0.1) is 5.41 Å². The van der Waals surface area contributed by atoms with E-state index >= 15 is 0 Å². The van der Waals surface area contributed by atoms with E-state index in [9.17, 15) is 5.11 Å². The number of phenols is 1. The number of phenolic OH excluding ortho intramolecular Hbond substituents is 1. The largest absolute Gasteiger partial charge is 0.504 e. The van der Waals surface area contributed by atoms with Crippen molar-refractivity contribution in [2.45, 2.75) is 39.0 Å². The van der Waals surface area contributed by atoms with Gasteiger partial charge in [0.15, 0.2) is 11.5 Å². The second kappa shape index (κ2) is 11.8. The lowest BCUT2D eigenvalue weighted by Crippen LogP contribution is -2.18. The van der Waals surface area contributed by atoms with Gasteiger partial charge < -0.3 is 20.0 Å². The van der Waals surface area contributed by atoms with E-state index in [1.807, 2.05) is 60.7 Å². The Kier molecular flexibility index (Phi) is 8.29. The molecule has 0 spiro atoms. The van der Waals surface area contributed by atoms with Crippen LogP contribution in [-0.2, 0) is 11.8 Å². The third-order valence-corrected chi connectivity index (χ3v) is 6.77. The Morgan fingerprint density at radius 3 is 2.05 bits per heavy atom. The van der Waals surface area contributed by atoms with Crippen molar-refractivity contribution in [1.82, 2.24) is 0 Å². The molecule has 4 nitrogen and oxygen atoms in total. The first-order valence-electron chi connectivity index (χ1n) is 12.8.